The van der Waals surface area contributed by atoms with Gasteiger partial charge in [0.25, 0.3) is 0 Å². The maximum absolute atomic E-state index is 12.0. The highest BCUT2D eigenvalue weighted by Gasteiger charge is 2.31. The van der Waals surface area contributed by atoms with E-state index in [9.17, 15) is 4.79 Å². The zero-order chi connectivity index (χ0) is 16.1. The Morgan fingerprint density at radius 2 is 1.88 bits per heavy atom. The summed E-state index contributed by atoms with van der Waals surface area (Å²) in [7, 11) is 0. The lowest BCUT2D eigenvalue weighted by atomic mass is 9.92. The van der Waals surface area contributed by atoms with Crippen LogP contribution in [0.15, 0.2) is 24.3 Å². The molecule has 1 aliphatic rings. The van der Waals surface area contributed by atoms with Gasteiger partial charge in [0, 0.05) is 38.6 Å². The third-order valence-corrected chi connectivity index (χ3v) is 4.61. The van der Waals surface area contributed by atoms with Gasteiger partial charge in [-0.25, -0.2) is 0 Å². The SMILES string of the molecule is Cc1ccc(CNC(=O)CCN2C[C@H](C(C)C)[C@@H](N)C2)cc1.Cl.Cl. The average molecular weight is 376 g/mol. The number of nitrogens with two attached hydrogens (primary N) is 1. The van der Waals surface area contributed by atoms with Crippen molar-refractivity contribution in [3.05, 3.63) is 35.4 Å². The van der Waals surface area contributed by atoms with Crippen molar-refractivity contribution in [3.63, 3.8) is 0 Å². The number of carbonyl (C=O) groups excluding carboxylic acids is 1. The Hall–Kier alpha value is -0.810. The smallest absolute Gasteiger partial charge is 0.221 e. The summed E-state index contributed by atoms with van der Waals surface area (Å²) in [6, 6.07) is 8.50. The Morgan fingerprint density at radius 1 is 1.25 bits per heavy atom. The predicted molar refractivity (Wildman–Crippen MR) is 105 cm³/mol. The molecule has 1 heterocycles. The second-order valence-electron chi connectivity index (χ2n) is 6.84. The van der Waals surface area contributed by atoms with E-state index in [1.165, 1.54) is 5.56 Å². The molecule has 0 saturated carbocycles. The number of likely N-dealkylation sites (tertiary alicyclic amines) is 1. The minimum atomic E-state index is 0. The molecule has 1 fully saturated rings. The van der Waals surface area contributed by atoms with E-state index in [1.54, 1.807) is 0 Å². The molecular formula is C18H31Cl2N3O. The number of carbonyl (C=O) groups is 1. The van der Waals surface area contributed by atoms with Crippen molar-refractivity contribution in [2.24, 2.45) is 17.6 Å². The van der Waals surface area contributed by atoms with E-state index in [-0.39, 0.29) is 36.8 Å². The summed E-state index contributed by atoms with van der Waals surface area (Å²) in [6.45, 7) is 9.85. The van der Waals surface area contributed by atoms with Gasteiger partial charge in [-0.15, -0.1) is 24.8 Å². The summed E-state index contributed by atoms with van der Waals surface area (Å²) in [5.41, 5.74) is 8.56. The molecule has 2 atom stereocenters. The molecule has 0 unspecified atom stereocenters. The Bertz CT molecular complexity index is 494. The van der Waals surface area contributed by atoms with E-state index in [1.807, 2.05) is 0 Å². The highest BCUT2D eigenvalue weighted by Crippen LogP contribution is 2.22. The second-order valence-corrected chi connectivity index (χ2v) is 6.84. The molecule has 3 N–H and O–H groups in total. The number of hydrogen-bond donors (Lipinski definition) is 2. The van der Waals surface area contributed by atoms with Gasteiger partial charge in [0.2, 0.25) is 5.91 Å². The number of halogens is 2. The molecule has 0 aliphatic carbocycles. The standard InChI is InChI=1S/C18H29N3O.2ClH/c1-13(2)16-11-21(12-17(16)19)9-8-18(22)20-10-15-6-4-14(3)5-7-15;;/h4-7,13,16-17H,8-12,19H2,1-3H3,(H,20,22);2*1H/t16-,17+;;/m1../s1. The third-order valence-electron chi connectivity index (χ3n) is 4.61. The Balaban J connectivity index is 0.00000264. The van der Waals surface area contributed by atoms with E-state index in [0.29, 0.717) is 24.8 Å². The van der Waals surface area contributed by atoms with Crippen molar-refractivity contribution >= 4 is 30.7 Å². The van der Waals surface area contributed by atoms with Crippen LogP contribution in [0.2, 0.25) is 0 Å². The molecule has 1 aromatic carbocycles. The number of nitrogens with one attached hydrogen (secondary N) is 1. The fourth-order valence-corrected chi connectivity index (χ4v) is 3.08. The molecular weight excluding hydrogens is 345 g/mol. The molecule has 0 aromatic heterocycles. The van der Waals surface area contributed by atoms with Gasteiger partial charge in [-0.3, -0.25) is 4.79 Å². The second kappa shape index (κ2) is 10.9. The van der Waals surface area contributed by atoms with Crippen LogP contribution in [-0.2, 0) is 11.3 Å². The van der Waals surface area contributed by atoms with Crippen LogP contribution >= 0.6 is 24.8 Å². The quantitative estimate of drug-likeness (QED) is 0.803. The first kappa shape index (κ1) is 23.2. The monoisotopic (exact) mass is 375 g/mol. The van der Waals surface area contributed by atoms with Crippen molar-refractivity contribution < 1.29 is 4.79 Å². The molecule has 1 aliphatic heterocycles. The molecule has 2 rings (SSSR count). The van der Waals surface area contributed by atoms with Crippen molar-refractivity contribution in [1.29, 1.82) is 0 Å². The maximum Gasteiger partial charge on any atom is 0.221 e. The largest absolute Gasteiger partial charge is 0.352 e. The molecule has 1 amide bonds. The summed E-state index contributed by atoms with van der Waals surface area (Å²) in [6.07, 6.45) is 0.545. The summed E-state index contributed by atoms with van der Waals surface area (Å²) in [5, 5.41) is 2.99. The molecule has 0 radical (unpaired) electrons. The van der Waals surface area contributed by atoms with Crippen molar-refractivity contribution in [2.45, 2.75) is 39.8 Å². The lowest BCUT2D eigenvalue weighted by Crippen LogP contribution is -2.32. The van der Waals surface area contributed by atoms with Crippen LogP contribution < -0.4 is 11.1 Å². The highest BCUT2D eigenvalue weighted by atomic mass is 35.5. The number of aryl methyl sites for hydroxylation is 1. The van der Waals surface area contributed by atoms with Crippen LogP contribution in [0, 0.1) is 18.8 Å². The number of benzene rings is 1. The highest BCUT2D eigenvalue weighted by molar-refractivity contribution is 5.85. The van der Waals surface area contributed by atoms with Crippen LogP contribution in [0.25, 0.3) is 0 Å². The molecule has 0 spiro atoms. The lowest BCUT2D eigenvalue weighted by molar-refractivity contribution is -0.121. The van der Waals surface area contributed by atoms with Crippen LogP contribution in [-0.4, -0.2) is 36.5 Å². The third kappa shape index (κ3) is 6.98. The first-order chi connectivity index (χ1) is 10.5. The number of nitrogens with zero attached hydrogens (tertiary/aromatic N) is 1. The van der Waals surface area contributed by atoms with Crippen LogP contribution in [0.1, 0.15) is 31.4 Å². The lowest BCUT2D eigenvalue weighted by Gasteiger charge is -2.18. The first-order valence-corrected chi connectivity index (χ1v) is 8.26. The van der Waals surface area contributed by atoms with Crippen molar-refractivity contribution in [1.82, 2.24) is 10.2 Å². The van der Waals surface area contributed by atoms with Crippen molar-refractivity contribution in [3.8, 4) is 0 Å². The zero-order valence-electron chi connectivity index (χ0n) is 14.8. The Labute approximate surface area is 158 Å². The first-order valence-electron chi connectivity index (χ1n) is 8.26. The fourth-order valence-electron chi connectivity index (χ4n) is 3.08. The van der Waals surface area contributed by atoms with Gasteiger partial charge in [-0.05, 0) is 24.3 Å². The van der Waals surface area contributed by atoms with Crippen LogP contribution in [0.4, 0.5) is 0 Å². The molecule has 0 bridgehead atoms. The van der Waals surface area contributed by atoms with Gasteiger partial charge in [-0.1, -0.05) is 43.7 Å². The predicted octanol–water partition coefficient (Wildman–Crippen LogP) is 2.76. The molecule has 24 heavy (non-hydrogen) atoms. The number of rotatable bonds is 6. The van der Waals surface area contributed by atoms with Gasteiger partial charge in [-0.2, -0.15) is 0 Å². The number of hydrogen-bond acceptors (Lipinski definition) is 3. The van der Waals surface area contributed by atoms with Crippen LogP contribution in [0.5, 0.6) is 0 Å². The summed E-state index contributed by atoms with van der Waals surface area (Å²) < 4.78 is 0. The molecule has 1 aromatic rings. The van der Waals surface area contributed by atoms with Gasteiger partial charge in [0.15, 0.2) is 0 Å². The fraction of sp³-hybridized carbons (Fsp3) is 0.611. The average Bonchev–Trinajstić information content (AvgIpc) is 2.86. The van der Waals surface area contributed by atoms with Crippen LogP contribution in [0.3, 0.4) is 0 Å². The zero-order valence-corrected chi connectivity index (χ0v) is 16.5. The van der Waals surface area contributed by atoms with Gasteiger partial charge < -0.3 is 16.0 Å². The normalized spacial score (nSPS) is 20.4. The van der Waals surface area contributed by atoms with Gasteiger partial charge in [0.05, 0.1) is 0 Å². The van der Waals surface area contributed by atoms with Gasteiger partial charge >= 0.3 is 0 Å². The number of amides is 1. The summed E-state index contributed by atoms with van der Waals surface area (Å²) in [5.74, 6) is 1.27. The van der Waals surface area contributed by atoms with E-state index >= 15 is 0 Å². The Morgan fingerprint density at radius 3 is 2.42 bits per heavy atom. The molecule has 6 heteroatoms. The molecule has 138 valence electrons. The summed E-state index contributed by atoms with van der Waals surface area (Å²) in [4.78, 5) is 14.3. The summed E-state index contributed by atoms with van der Waals surface area (Å²) >= 11 is 0. The topological polar surface area (TPSA) is 58.4 Å². The van der Waals surface area contributed by atoms with Crippen molar-refractivity contribution in [2.75, 3.05) is 19.6 Å². The van der Waals surface area contributed by atoms with E-state index in [0.717, 1.165) is 25.2 Å². The minimum Gasteiger partial charge on any atom is -0.352 e. The molecule has 1 saturated heterocycles. The Kier molecular flexibility index (Phi) is 10.6. The van der Waals surface area contributed by atoms with E-state index in [4.69, 9.17) is 5.73 Å². The van der Waals surface area contributed by atoms with E-state index < -0.39 is 0 Å². The maximum atomic E-state index is 12.0. The molecule has 4 nitrogen and oxygen atoms in total. The van der Waals surface area contributed by atoms with Gasteiger partial charge in [0.1, 0.15) is 0 Å². The van der Waals surface area contributed by atoms with E-state index in [2.05, 4.69) is 55.3 Å². The minimum absolute atomic E-state index is 0.